The zero-order valence-corrected chi connectivity index (χ0v) is 17.4. The summed E-state index contributed by atoms with van der Waals surface area (Å²) in [7, 11) is 3.74. The standard InChI is InChI=1S/C20H26N6O3/c1-12-10-15-16(11-13(12)2)25(7-6-21-14(3)27)18-17(22-15)19(28)26(20(29)23-18)9-8-24(4)5/h10-11H,6-9H2,1-5H3,(H,21,27). The molecular weight excluding hydrogens is 372 g/mol. The minimum absolute atomic E-state index is 0.149. The lowest BCUT2D eigenvalue weighted by atomic mass is 10.1. The summed E-state index contributed by atoms with van der Waals surface area (Å²) in [6.07, 6.45) is 0. The van der Waals surface area contributed by atoms with E-state index in [0.717, 1.165) is 21.2 Å². The molecule has 0 fully saturated rings. The molecule has 0 radical (unpaired) electrons. The third kappa shape index (κ3) is 4.19. The molecule has 1 N–H and O–H groups in total. The van der Waals surface area contributed by atoms with Gasteiger partial charge < -0.3 is 14.8 Å². The fourth-order valence-electron chi connectivity index (χ4n) is 3.19. The maximum absolute atomic E-state index is 13.1. The molecule has 0 saturated heterocycles. The molecule has 9 heteroatoms. The second kappa shape index (κ2) is 8.12. The van der Waals surface area contributed by atoms with Gasteiger partial charge in [0.15, 0.2) is 11.5 Å². The molecule has 154 valence electrons. The van der Waals surface area contributed by atoms with E-state index in [9.17, 15) is 14.4 Å². The predicted octanol–water partition coefficient (Wildman–Crippen LogP) is 0.373. The Morgan fingerprint density at radius 2 is 1.76 bits per heavy atom. The second-order valence-corrected chi connectivity index (χ2v) is 7.50. The third-order valence-corrected chi connectivity index (χ3v) is 4.94. The first-order valence-electron chi connectivity index (χ1n) is 9.50. The normalized spacial score (nSPS) is 11.5. The zero-order chi connectivity index (χ0) is 21.3. The fourth-order valence-corrected chi connectivity index (χ4v) is 3.19. The number of amides is 1. The maximum atomic E-state index is 13.1. The van der Waals surface area contributed by atoms with Crippen molar-refractivity contribution in [1.29, 1.82) is 0 Å². The van der Waals surface area contributed by atoms with Crippen LogP contribution in [0, 0.1) is 13.8 Å². The molecule has 1 aromatic carbocycles. The molecule has 0 aromatic heterocycles. The molecule has 0 aliphatic carbocycles. The molecule has 2 aliphatic heterocycles. The topological polar surface area (TPSA) is 102 Å². The van der Waals surface area contributed by atoms with E-state index in [-0.39, 0.29) is 24.0 Å². The van der Waals surface area contributed by atoms with Gasteiger partial charge in [0.1, 0.15) is 0 Å². The van der Waals surface area contributed by atoms with Crippen molar-refractivity contribution < 1.29 is 4.79 Å². The molecule has 2 aliphatic rings. The van der Waals surface area contributed by atoms with Gasteiger partial charge in [0.05, 0.1) is 11.0 Å². The Morgan fingerprint density at radius 3 is 2.41 bits per heavy atom. The summed E-state index contributed by atoms with van der Waals surface area (Å²) in [4.78, 5) is 47.6. The molecule has 0 bridgehead atoms. The Balaban J connectivity index is 2.27. The van der Waals surface area contributed by atoms with E-state index in [0.29, 0.717) is 25.2 Å². The van der Waals surface area contributed by atoms with Crippen molar-refractivity contribution in [3.05, 3.63) is 44.1 Å². The zero-order valence-electron chi connectivity index (χ0n) is 17.4. The number of carbonyl (C=O) groups is 1. The van der Waals surface area contributed by atoms with Crippen molar-refractivity contribution in [3.8, 4) is 11.5 Å². The summed E-state index contributed by atoms with van der Waals surface area (Å²) in [6, 6.07) is 3.89. The summed E-state index contributed by atoms with van der Waals surface area (Å²) in [5.74, 6) is 0.0889. The highest BCUT2D eigenvalue weighted by molar-refractivity contribution is 5.81. The SMILES string of the molecule is CC(=O)NCCn1c2nc(=O)n(CCN(C)C)c(=O)c-2nc2cc(C)c(C)cc21. The molecule has 3 rings (SSSR count). The Morgan fingerprint density at radius 1 is 1.07 bits per heavy atom. The van der Waals surface area contributed by atoms with Crippen LogP contribution in [0.25, 0.3) is 22.6 Å². The van der Waals surface area contributed by atoms with E-state index in [2.05, 4.69) is 15.3 Å². The highest BCUT2D eigenvalue weighted by Gasteiger charge is 2.22. The van der Waals surface area contributed by atoms with Crippen molar-refractivity contribution >= 4 is 16.9 Å². The highest BCUT2D eigenvalue weighted by Crippen LogP contribution is 2.23. The van der Waals surface area contributed by atoms with Crippen LogP contribution in [-0.2, 0) is 17.9 Å². The quantitative estimate of drug-likeness (QED) is 0.602. The van der Waals surface area contributed by atoms with Gasteiger partial charge in [0, 0.05) is 33.1 Å². The number of likely N-dealkylation sites (N-methyl/N-ethyl adjacent to an activating group) is 1. The molecule has 2 heterocycles. The molecule has 1 amide bonds. The number of fused-ring (bicyclic) bond motifs is 2. The molecule has 29 heavy (non-hydrogen) atoms. The van der Waals surface area contributed by atoms with Crippen molar-refractivity contribution in [2.24, 2.45) is 0 Å². The number of nitrogens with one attached hydrogen (secondary N) is 1. The van der Waals surface area contributed by atoms with Gasteiger partial charge in [-0.1, -0.05) is 0 Å². The molecular formula is C20H26N6O3. The lowest BCUT2D eigenvalue weighted by molar-refractivity contribution is -0.118. The first-order valence-corrected chi connectivity index (χ1v) is 9.50. The van der Waals surface area contributed by atoms with E-state index < -0.39 is 11.2 Å². The van der Waals surface area contributed by atoms with Crippen molar-refractivity contribution in [1.82, 2.24) is 29.3 Å². The minimum Gasteiger partial charge on any atom is -0.355 e. The van der Waals surface area contributed by atoms with Gasteiger partial charge in [-0.3, -0.25) is 14.2 Å². The van der Waals surface area contributed by atoms with Gasteiger partial charge in [0.25, 0.3) is 5.56 Å². The van der Waals surface area contributed by atoms with Gasteiger partial charge in [-0.15, -0.1) is 0 Å². The monoisotopic (exact) mass is 398 g/mol. The maximum Gasteiger partial charge on any atom is 0.352 e. The molecule has 9 nitrogen and oxygen atoms in total. The van der Waals surface area contributed by atoms with Crippen molar-refractivity contribution in [2.45, 2.75) is 33.9 Å². The summed E-state index contributed by atoms with van der Waals surface area (Å²) in [6.45, 7) is 6.91. The lowest BCUT2D eigenvalue weighted by Crippen LogP contribution is -2.41. The van der Waals surface area contributed by atoms with Crippen LogP contribution >= 0.6 is 0 Å². The van der Waals surface area contributed by atoms with Gasteiger partial charge in [-0.2, -0.15) is 4.98 Å². The number of benzene rings is 1. The van der Waals surface area contributed by atoms with E-state index in [1.165, 1.54) is 6.92 Å². The van der Waals surface area contributed by atoms with E-state index in [1.54, 1.807) is 4.57 Å². The number of hydrogen-bond acceptors (Lipinski definition) is 6. The summed E-state index contributed by atoms with van der Waals surface area (Å²) >= 11 is 0. The average Bonchev–Trinajstić information content (AvgIpc) is 2.63. The Hall–Kier alpha value is -3.07. The van der Waals surface area contributed by atoms with Crippen molar-refractivity contribution in [2.75, 3.05) is 27.2 Å². The summed E-state index contributed by atoms with van der Waals surface area (Å²) in [5, 5.41) is 2.75. The van der Waals surface area contributed by atoms with Gasteiger partial charge in [0.2, 0.25) is 5.91 Å². The van der Waals surface area contributed by atoms with Crippen LogP contribution in [0.2, 0.25) is 0 Å². The predicted molar refractivity (Wildman–Crippen MR) is 111 cm³/mol. The first-order chi connectivity index (χ1) is 13.7. The molecule has 0 atom stereocenters. The number of carbonyl (C=O) groups excluding carboxylic acids is 1. The molecule has 0 unspecified atom stereocenters. The van der Waals surface area contributed by atoms with Crippen LogP contribution in [0.3, 0.4) is 0 Å². The number of hydrogen-bond donors (Lipinski definition) is 1. The Kier molecular flexibility index (Phi) is 5.78. The molecule has 0 spiro atoms. The summed E-state index contributed by atoms with van der Waals surface area (Å²) < 4.78 is 2.92. The number of nitrogens with zero attached hydrogens (tertiary/aromatic N) is 5. The van der Waals surface area contributed by atoms with Crippen LogP contribution in [0.4, 0.5) is 0 Å². The van der Waals surface area contributed by atoms with Gasteiger partial charge >= 0.3 is 5.69 Å². The van der Waals surface area contributed by atoms with Crippen LogP contribution in [0.1, 0.15) is 18.1 Å². The summed E-state index contributed by atoms with van der Waals surface area (Å²) in [5.41, 5.74) is 2.65. The minimum atomic E-state index is -0.595. The smallest absolute Gasteiger partial charge is 0.352 e. The number of aryl methyl sites for hydroxylation is 2. The first kappa shape index (κ1) is 20.7. The number of rotatable bonds is 6. The van der Waals surface area contributed by atoms with E-state index in [4.69, 9.17) is 0 Å². The largest absolute Gasteiger partial charge is 0.355 e. The van der Waals surface area contributed by atoms with Gasteiger partial charge in [-0.05, 0) is 51.2 Å². The Bertz CT molecular complexity index is 1160. The molecule has 0 saturated carbocycles. The van der Waals surface area contributed by atoms with Gasteiger partial charge in [-0.25, -0.2) is 9.78 Å². The van der Waals surface area contributed by atoms with Crippen LogP contribution < -0.4 is 16.6 Å². The lowest BCUT2D eigenvalue weighted by Gasteiger charge is -2.19. The van der Waals surface area contributed by atoms with Crippen LogP contribution in [0.15, 0.2) is 21.7 Å². The fraction of sp³-hybridized carbons (Fsp3) is 0.450. The van der Waals surface area contributed by atoms with Crippen molar-refractivity contribution in [3.63, 3.8) is 0 Å². The molecule has 1 aromatic rings. The Labute approximate surface area is 168 Å². The average molecular weight is 398 g/mol. The van der Waals surface area contributed by atoms with Crippen LogP contribution in [0.5, 0.6) is 0 Å². The third-order valence-electron chi connectivity index (χ3n) is 4.94. The second-order valence-electron chi connectivity index (χ2n) is 7.50. The van der Waals surface area contributed by atoms with E-state index in [1.807, 2.05) is 45.0 Å². The van der Waals surface area contributed by atoms with Crippen LogP contribution in [-0.4, -0.2) is 57.1 Å². The number of aromatic nitrogens is 4. The highest BCUT2D eigenvalue weighted by atomic mass is 16.2. The van der Waals surface area contributed by atoms with E-state index >= 15 is 0 Å².